The van der Waals surface area contributed by atoms with E-state index < -0.39 is 21.7 Å². The highest BCUT2D eigenvalue weighted by atomic mass is 32.2. The van der Waals surface area contributed by atoms with Crippen LogP contribution in [0.2, 0.25) is 0 Å². The Kier molecular flexibility index (Phi) is 6.12. The molecule has 0 spiro atoms. The molecule has 0 bridgehead atoms. The van der Waals surface area contributed by atoms with Crippen molar-refractivity contribution >= 4 is 21.9 Å². The highest BCUT2D eigenvalue weighted by molar-refractivity contribution is 7.89. The van der Waals surface area contributed by atoms with Gasteiger partial charge in [-0.25, -0.2) is 22.9 Å². The summed E-state index contributed by atoms with van der Waals surface area (Å²) in [7, 11) is -3.70. The lowest BCUT2D eigenvalue weighted by atomic mass is 10.2. The number of rotatable bonds is 6. The van der Waals surface area contributed by atoms with Gasteiger partial charge in [0.2, 0.25) is 10.0 Å². The number of nitrogen functional groups attached to an aromatic ring is 1. The second kappa shape index (κ2) is 7.41. The van der Waals surface area contributed by atoms with Gasteiger partial charge in [-0.15, -0.1) is 0 Å². The topological polar surface area (TPSA) is 123 Å². The van der Waals surface area contributed by atoms with Crippen molar-refractivity contribution in [2.75, 3.05) is 18.8 Å². The van der Waals surface area contributed by atoms with Gasteiger partial charge in [0.15, 0.2) is 0 Å². The van der Waals surface area contributed by atoms with E-state index in [1.165, 1.54) is 18.3 Å². The van der Waals surface area contributed by atoms with Crippen LogP contribution >= 0.6 is 0 Å². The van der Waals surface area contributed by atoms with Crippen molar-refractivity contribution < 1.29 is 17.9 Å². The summed E-state index contributed by atoms with van der Waals surface area (Å²) in [5.41, 5.74) is 4.97. The van der Waals surface area contributed by atoms with Crippen molar-refractivity contribution in [2.24, 2.45) is 0 Å². The maximum atomic E-state index is 12.0. The Morgan fingerprint density at radius 3 is 2.64 bits per heavy atom. The number of anilines is 1. The fourth-order valence-electron chi connectivity index (χ4n) is 1.51. The summed E-state index contributed by atoms with van der Waals surface area (Å²) < 4.78 is 31.4. The molecular formula is C13H22N4O4S. The van der Waals surface area contributed by atoms with Gasteiger partial charge in [0.05, 0.1) is 0 Å². The first-order valence-corrected chi connectivity index (χ1v) is 8.27. The van der Waals surface area contributed by atoms with Gasteiger partial charge in [-0.05, 0) is 39.3 Å². The van der Waals surface area contributed by atoms with Gasteiger partial charge in [0.25, 0.3) is 0 Å². The van der Waals surface area contributed by atoms with E-state index in [0.29, 0.717) is 13.0 Å². The fraction of sp³-hybridized carbons (Fsp3) is 0.538. The third-order valence-electron chi connectivity index (χ3n) is 2.40. The van der Waals surface area contributed by atoms with Crippen molar-refractivity contribution in [3.8, 4) is 0 Å². The number of aromatic nitrogens is 1. The average molecular weight is 330 g/mol. The number of sulfonamides is 1. The molecule has 1 aromatic heterocycles. The normalized spacial score (nSPS) is 12.0. The molecule has 9 heteroatoms. The minimum atomic E-state index is -3.70. The molecule has 0 saturated carbocycles. The van der Waals surface area contributed by atoms with Crippen LogP contribution in [0.1, 0.15) is 27.2 Å². The monoisotopic (exact) mass is 330 g/mol. The maximum absolute atomic E-state index is 12.0. The molecule has 0 aromatic carbocycles. The molecular weight excluding hydrogens is 308 g/mol. The molecule has 1 rings (SSSR count). The smallest absolute Gasteiger partial charge is 0.407 e. The number of carbonyl (C=O) groups excluding carboxylic acids is 1. The van der Waals surface area contributed by atoms with Crippen molar-refractivity contribution in [3.05, 3.63) is 18.3 Å². The number of pyridine rings is 1. The van der Waals surface area contributed by atoms with Crippen LogP contribution < -0.4 is 15.8 Å². The van der Waals surface area contributed by atoms with E-state index in [4.69, 9.17) is 10.5 Å². The summed E-state index contributed by atoms with van der Waals surface area (Å²) in [6.07, 6.45) is 1.30. The Bertz CT molecular complexity index is 611. The third kappa shape index (κ3) is 6.27. The van der Waals surface area contributed by atoms with Crippen LogP contribution in [0, 0.1) is 0 Å². The molecule has 0 saturated heterocycles. The lowest BCUT2D eigenvalue weighted by Gasteiger charge is -2.19. The highest BCUT2D eigenvalue weighted by Crippen LogP contribution is 2.13. The predicted molar refractivity (Wildman–Crippen MR) is 82.7 cm³/mol. The Labute approximate surface area is 130 Å². The van der Waals surface area contributed by atoms with E-state index in [0.717, 1.165) is 0 Å². The number of hydrogen-bond acceptors (Lipinski definition) is 6. The van der Waals surface area contributed by atoms with Crippen LogP contribution in [0.5, 0.6) is 0 Å². The highest BCUT2D eigenvalue weighted by Gasteiger charge is 2.17. The summed E-state index contributed by atoms with van der Waals surface area (Å²) in [6, 6.07) is 2.87. The summed E-state index contributed by atoms with van der Waals surface area (Å²) in [5, 5.41) is 2.54. The van der Waals surface area contributed by atoms with Gasteiger partial charge in [-0.2, -0.15) is 0 Å². The zero-order valence-electron chi connectivity index (χ0n) is 12.9. The molecule has 1 aromatic rings. The molecule has 0 unspecified atom stereocenters. The zero-order valence-corrected chi connectivity index (χ0v) is 13.7. The van der Waals surface area contributed by atoms with Crippen molar-refractivity contribution in [3.63, 3.8) is 0 Å². The number of alkyl carbamates (subject to hydrolysis) is 1. The summed E-state index contributed by atoms with van der Waals surface area (Å²) >= 11 is 0. The summed E-state index contributed by atoms with van der Waals surface area (Å²) in [6.45, 7) is 5.74. The van der Waals surface area contributed by atoms with Gasteiger partial charge < -0.3 is 15.8 Å². The Morgan fingerprint density at radius 2 is 2.05 bits per heavy atom. The molecule has 0 radical (unpaired) electrons. The lowest BCUT2D eigenvalue weighted by Crippen LogP contribution is -2.34. The second-order valence-corrected chi connectivity index (χ2v) is 7.30. The molecule has 0 fully saturated rings. The molecule has 0 atom stereocenters. The molecule has 124 valence electrons. The largest absolute Gasteiger partial charge is 0.444 e. The average Bonchev–Trinajstić information content (AvgIpc) is 2.36. The van der Waals surface area contributed by atoms with Crippen molar-refractivity contribution in [2.45, 2.75) is 37.7 Å². The SMILES string of the molecule is CC(C)(C)OC(=O)NCCCNS(=O)(=O)c1cccnc1N. The van der Waals surface area contributed by atoms with Crippen LogP contribution in [-0.4, -0.2) is 38.2 Å². The van der Waals surface area contributed by atoms with Crippen LogP contribution in [0.25, 0.3) is 0 Å². The zero-order chi connectivity index (χ0) is 16.8. The van der Waals surface area contributed by atoms with Crippen molar-refractivity contribution in [1.82, 2.24) is 15.0 Å². The minimum absolute atomic E-state index is 0.0538. The molecule has 1 heterocycles. The fourth-order valence-corrected chi connectivity index (χ4v) is 2.66. The van der Waals surface area contributed by atoms with Crippen LogP contribution in [-0.2, 0) is 14.8 Å². The van der Waals surface area contributed by atoms with E-state index >= 15 is 0 Å². The number of carbonyl (C=O) groups is 1. The Morgan fingerprint density at radius 1 is 1.36 bits per heavy atom. The number of nitrogens with zero attached hydrogens (tertiary/aromatic N) is 1. The van der Waals surface area contributed by atoms with E-state index in [1.54, 1.807) is 20.8 Å². The minimum Gasteiger partial charge on any atom is -0.444 e. The first-order chi connectivity index (χ1) is 10.1. The van der Waals surface area contributed by atoms with Gasteiger partial charge >= 0.3 is 6.09 Å². The summed E-state index contributed by atoms with van der Waals surface area (Å²) in [5.74, 6) is -0.0538. The van der Waals surface area contributed by atoms with E-state index in [1.807, 2.05) is 0 Å². The first-order valence-electron chi connectivity index (χ1n) is 6.79. The van der Waals surface area contributed by atoms with Gasteiger partial charge in [0, 0.05) is 19.3 Å². The number of amides is 1. The summed E-state index contributed by atoms with van der Waals surface area (Å²) in [4.78, 5) is 15.1. The molecule has 1 amide bonds. The lowest BCUT2D eigenvalue weighted by molar-refractivity contribution is 0.0527. The number of nitrogens with two attached hydrogens (primary N) is 1. The predicted octanol–water partition coefficient (Wildman–Crippen LogP) is 0.857. The molecule has 8 nitrogen and oxygen atoms in total. The molecule has 0 aliphatic rings. The maximum Gasteiger partial charge on any atom is 0.407 e. The first kappa shape index (κ1) is 18.2. The Balaban J connectivity index is 2.36. The number of hydrogen-bond donors (Lipinski definition) is 3. The molecule has 0 aliphatic carbocycles. The number of ether oxygens (including phenoxy) is 1. The van der Waals surface area contributed by atoms with Crippen LogP contribution in [0.3, 0.4) is 0 Å². The number of nitrogens with one attached hydrogen (secondary N) is 2. The molecule has 0 aliphatic heterocycles. The van der Waals surface area contributed by atoms with Gasteiger partial charge in [-0.1, -0.05) is 0 Å². The van der Waals surface area contributed by atoms with Crippen LogP contribution in [0.15, 0.2) is 23.2 Å². The van der Waals surface area contributed by atoms with E-state index in [9.17, 15) is 13.2 Å². The van der Waals surface area contributed by atoms with Gasteiger partial charge in [-0.3, -0.25) is 0 Å². The molecule has 4 N–H and O–H groups in total. The Hall–Kier alpha value is -1.87. The molecule has 22 heavy (non-hydrogen) atoms. The second-order valence-electron chi connectivity index (χ2n) is 5.57. The van der Waals surface area contributed by atoms with E-state index in [2.05, 4.69) is 15.0 Å². The van der Waals surface area contributed by atoms with Crippen LogP contribution in [0.4, 0.5) is 10.6 Å². The third-order valence-corrected chi connectivity index (χ3v) is 3.91. The van der Waals surface area contributed by atoms with E-state index in [-0.39, 0.29) is 17.3 Å². The standard InChI is InChI=1S/C13H22N4O4S/c1-13(2,3)21-12(18)16-8-5-9-17-22(19,20)10-6-4-7-15-11(10)14/h4,6-7,17H,5,8-9H2,1-3H3,(H2,14,15)(H,16,18). The quantitative estimate of drug-likeness (QED) is 0.665. The van der Waals surface area contributed by atoms with Crippen molar-refractivity contribution in [1.29, 1.82) is 0 Å². The van der Waals surface area contributed by atoms with Gasteiger partial charge in [0.1, 0.15) is 16.3 Å².